The number of nitrogens with two attached hydrogens (primary N) is 1. The Morgan fingerprint density at radius 1 is 1.15 bits per heavy atom. The lowest BCUT2D eigenvalue weighted by Crippen LogP contribution is -2.31. The second kappa shape index (κ2) is 8.34. The monoisotopic (exact) mass is 438 g/mol. The minimum Gasteiger partial charge on any atom is -0.383 e. The Hall–Kier alpha value is -4.28. The smallest absolute Gasteiger partial charge is 0.258 e. The van der Waals surface area contributed by atoms with E-state index in [1.807, 2.05) is 0 Å². The third-order valence-corrected chi connectivity index (χ3v) is 5.65. The molecular weight excluding hydrogens is 419 g/mol. The lowest BCUT2D eigenvalue weighted by Gasteiger charge is -2.23. The largest absolute Gasteiger partial charge is 0.383 e. The molecule has 4 aromatic rings. The van der Waals surface area contributed by atoms with Crippen LogP contribution in [0.15, 0.2) is 60.8 Å². The molecule has 7 heteroatoms. The van der Waals surface area contributed by atoms with E-state index in [1.54, 1.807) is 48.7 Å². The van der Waals surface area contributed by atoms with E-state index >= 15 is 0 Å². The Kier molecular flexibility index (Phi) is 5.21. The Morgan fingerprint density at radius 2 is 2.00 bits per heavy atom. The van der Waals surface area contributed by atoms with Crippen molar-refractivity contribution in [2.24, 2.45) is 0 Å². The van der Waals surface area contributed by atoms with Crippen molar-refractivity contribution in [1.82, 2.24) is 9.97 Å². The summed E-state index contributed by atoms with van der Waals surface area (Å²) in [6.45, 7) is 0.957. The van der Waals surface area contributed by atoms with Crippen LogP contribution in [0.5, 0.6) is 0 Å². The van der Waals surface area contributed by atoms with Crippen molar-refractivity contribution >= 4 is 28.3 Å². The summed E-state index contributed by atoms with van der Waals surface area (Å²) in [5.41, 5.74) is 10.7. The average molecular weight is 438 g/mol. The second-order valence-corrected chi connectivity index (χ2v) is 7.73. The number of carbonyl (C=O) groups is 1. The highest BCUT2D eigenvalue weighted by Gasteiger charge is 2.23. The number of ether oxygens (including phenoxy) is 1. The summed E-state index contributed by atoms with van der Waals surface area (Å²) in [6, 6.07) is 14.7. The Balaban J connectivity index is 1.57. The van der Waals surface area contributed by atoms with Crippen LogP contribution >= 0.6 is 0 Å². The van der Waals surface area contributed by atoms with Crippen LogP contribution in [-0.2, 0) is 24.5 Å². The van der Waals surface area contributed by atoms with E-state index in [0.717, 1.165) is 16.5 Å². The number of benzene rings is 2. The van der Waals surface area contributed by atoms with E-state index in [0.29, 0.717) is 47.1 Å². The molecule has 162 valence electrons. The van der Waals surface area contributed by atoms with E-state index < -0.39 is 5.82 Å². The molecule has 0 saturated heterocycles. The quantitative estimate of drug-likeness (QED) is 0.483. The number of pyridine rings is 2. The third kappa shape index (κ3) is 3.88. The molecule has 0 aliphatic carbocycles. The lowest BCUT2D eigenvalue weighted by atomic mass is 10.0. The van der Waals surface area contributed by atoms with E-state index in [2.05, 4.69) is 15.9 Å². The van der Waals surface area contributed by atoms with Crippen LogP contribution in [0.25, 0.3) is 10.9 Å². The number of nitrogens with zero attached hydrogens (tertiary/aromatic N) is 3. The van der Waals surface area contributed by atoms with Gasteiger partial charge in [0, 0.05) is 34.0 Å². The molecule has 5 rings (SSSR count). The highest BCUT2D eigenvalue weighted by molar-refractivity contribution is 6.08. The molecule has 2 N–H and O–H groups in total. The zero-order valence-electron chi connectivity index (χ0n) is 17.6. The number of terminal acetylenes is 1. The first kappa shape index (κ1) is 20.6. The highest BCUT2D eigenvalue weighted by Crippen LogP contribution is 2.32. The van der Waals surface area contributed by atoms with Crippen molar-refractivity contribution in [3.8, 4) is 12.3 Å². The molecule has 2 aromatic carbocycles. The molecule has 0 spiro atoms. The number of carbonyl (C=O) groups excluding carboxylic acids is 1. The Morgan fingerprint density at radius 3 is 2.76 bits per heavy atom. The van der Waals surface area contributed by atoms with Gasteiger partial charge < -0.3 is 15.4 Å². The van der Waals surface area contributed by atoms with Crippen LogP contribution in [0.3, 0.4) is 0 Å². The molecule has 0 radical (unpaired) electrons. The van der Waals surface area contributed by atoms with Crippen molar-refractivity contribution < 1.29 is 13.9 Å². The fourth-order valence-corrected chi connectivity index (χ4v) is 3.95. The van der Waals surface area contributed by atoms with Crippen LogP contribution < -0.4 is 10.6 Å². The minimum absolute atomic E-state index is 0.145. The van der Waals surface area contributed by atoms with Gasteiger partial charge in [0.1, 0.15) is 11.6 Å². The van der Waals surface area contributed by atoms with Crippen LogP contribution in [0, 0.1) is 18.2 Å². The van der Waals surface area contributed by atoms with Gasteiger partial charge in [0.2, 0.25) is 0 Å². The second-order valence-electron chi connectivity index (χ2n) is 7.73. The summed E-state index contributed by atoms with van der Waals surface area (Å²) in [5.74, 6) is 2.23. The number of halogens is 1. The molecule has 3 heterocycles. The number of rotatable bonds is 4. The van der Waals surface area contributed by atoms with Crippen molar-refractivity contribution in [3.63, 3.8) is 0 Å². The predicted molar refractivity (Wildman–Crippen MR) is 124 cm³/mol. The van der Waals surface area contributed by atoms with Gasteiger partial charge in [0.05, 0.1) is 31.0 Å². The number of amides is 1. The summed E-state index contributed by atoms with van der Waals surface area (Å²) in [5, 5.41) is 0.818. The number of hydrogen-bond donors (Lipinski definition) is 1. The van der Waals surface area contributed by atoms with Crippen LogP contribution in [0.2, 0.25) is 0 Å². The molecule has 1 amide bonds. The number of nitrogen functional groups attached to an aromatic ring is 1. The van der Waals surface area contributed by atoms with Crippen LogP contribution in [0.4, 0.5) is 15.9 Å². The Bertz CT molecular complexity index is 1430. The maximum atomic E-state index is 14.0. The van der Waals surface area contributed by atoms with E-state index in [9.17, 15) is 9.18 Å². The standard InChI is InChI=1S/C26H19FN4O2/c1-2-16-6-8-19(29-12-16)13-31(20-5-3-4-18(27)11-20)26(32)17-7-9-24-21(10-17)22-14-33-15-23(22)25(28)30-24/h1,3-12H,13-15H2,(H2,28,30). The molecule has 0 bridgehead atoms. The minimum atomic E-state index is -0.436. The average Bonchev–Trinajstić information content (AvgIpc) is 3.34. The summed E-state index contributed by atoms with van der Waals surface area (Å²) in [4.78, 5) is 23.9. The molecule has 0 unspecified atom stereocenters. The van der Waals surface area contributed by atoms with Crippen molar-refractivity contribution in [3.05, 3.63) is 94.6 Å². The zero-order chi connectivity index (χ0) is 22.9. The molecule has 0 fully saturated rings. The van der Waals surface area contributed by atoms with E-state index in [1.165, 1.54) is 17.0 Å². The normalized spacial score (nSPS) is 12.4. The molecule has 2 aromatic heterocycles. The van der Waals surface area contributed by atoms with E-state index in [4.69, 9.17) is 16.9 Å². The predicted octanol–water partition coefficient (Wildman–Crippen LogP) is 4.21. The van der Waals surface area contributed by atoms with Crippen molar-refractivity contribution in [2.75, 3.05) is 10.6 Å². The van der Waals surface area contributed by atoms with Gasteiger partial charge in [0.25, 0.3) is 5.91 Å². The summed E-state index contributed by atoms with van der Waals surface area (Å²) in [7, 11) is 0. The van der Waals surface area contributed by atoms with Gasteiger partial charge in [-0.2, -0.15) is 0 Å². The fourth-order valence-electron chi connectivity index (χ4n) is 3.95. The molecule has 1 aliphatic heterocycles. The first-order valence-electron chi connectivity index (χ1n) is 10.3. The number of anilines is 2. The van der Waals surface area contributed by atoms with Crippen molar-refractivity contribution in [2.45, 2.75) is 19.8 Å². The van der Waals surface area contributed by atoms with E-state index in [-0.39, 0.29) is 12.5 Å². The summed E-state index contributed by atoms with van der Waals surface area (Å²) >= 11 is 0. The van der Waals surface area contributed by atoms with Gasteiger partial charge >= 0.3 is 0 Å². The zero-order valence-corrected chi connectivity index (χ0v) is 17.6. The van der Waals surface area contributed by atoms with Crippen LogP contribution in [0.1, 0.15) is 32.7 Å². The Labute approximate surface area is 189 Å². The number of aromatic nitrogens is 2. The third-order valence-electron chi connectivity index (χ3n) is 5.65. The first-order valence-corrected chi connectivity index (χ1v) is 10.3. The van der Waals surface area contributed by atoms with Crippen molar-refractivity contribution in [1.29, 1.82) is 0 Å². The molecule has 0 saturated carbocycles. The van der Waals surface area contributed by atoms with Gasteiger partial charge in [-0.25, -0.2) is 9.37 Å². The maximum absolute atomic E-state index is 14.0. The molecular formula is C26H19FN4O2. The van der Waals surface area contributed by atoms with Gasteiger partial charge in [-0.3, -0.25) is 9.78 Å². The molecule has 0 atom stereocenters. The SMILES string of the molecule is C#Cc1ccc(CN(C(=O)c2ccc3nc(N)c4c(c3c2)COC4)c2cccc(F)c2)nc1. The van der Waals surface area contributed by atoms with Gasteiger partial charge in [-0.15, -0.1) is 6.42 Å². The van der Waals surface area contributed by atoms with Gasteiger partial charge in [0.15, 0.2) is 0 Å². The van der Waals surface area contributed by atoms with Crippen LogP contribution in [-0.4, -0.2) is 15.9 Å². The van der Waals surface area contributed by atoms with Gasteiger partial charge in [-0.1, -0.05) is 12.0 Å². The number of fused-ring (bicyclic) bond motifs is 3. The van der Waals surface area contributed by atoms with Gasteiger partial charge in [-0.05, 0) is 54.1 Å². The lowest BCUT2D eigenvalue weighted by molar-refractivity contribution is 0.0985. The molecule has 33 heavy (non-hydrogen) atoms. The molecule has 6 nitrogen and oxygen atoms in total. The fraction of sp³-hybridized carbons (Fsp3) is 0.115. The maximum Gasteiger partial charge on any atom is 0.258 e. The number of hydrogen-bond acceptors (Lipinski definition) is 5. The highest BCUT2D eigenvalue weighted by atomic mass is 19.1. The topological polar surface area (TPSA) is 81.3 Å². The summed E-state index contributed by atoms with van der Waals surface area (Å²) < 4.78 is 19.6. The first-order chi connectivity index (χ1) is 16.0. The molecule has 1 aliphatic rings. The summed E-state index contributed by atoms with van der Waals surface area (Å²) in [6.07, 6.45) is 6.98.